The van der Waals surface area contributed by atoms with E-state index < -0.39 is 15.6 Å². The van der Waals surface area contributed by atoms with Gasteiger partial charge in [0.1, 0.15) is 0 Å². The predicted molar refractivity (Wildman–Crippen MR) is 251 cm³/mol. The highest BCUT2D eigenvalue weighted by atomic mass is 31.2. The summed E-state index contributed by atoms with van der Waals surface area (Å²) in [5.74, 6) is 0. The SMILES string of the molecule is CCCCCCCCCCCCOP(=O)(O)OCCCCCCCCCCCC.CCCCCCCCCCCCOP(=O)(O)OCCCCCCCCCCCC. The summed E-state index contributed by atoms with van der Waals surface area (Å²) in [5.41, 5.74) is 0. The molecule has 2 N–H and O–H groups in total. The molecule has 0 aliphatic carbocycles. The van der Waals surface area contributed by atoms with Crippen LogP contribution in [0.25, 0.3) is 0 Å². The lowest BCUT2D eigenvalue weighted by Crippen LogP contribution is -1.99. The van der Waals surface area contributed by atoms with Crippen molar-refractivity contribution < 1.29 is 37.0 Å². The molecule has 0 bridgehead atoms. The van der Waals surface area contributed by atoms with Crippen molar-refractivity contribution in [2.75, 3.05) is 26.4 Å². The minimum absolute atomic E-state index is 0.322. The van der Waals surface area contributed by atoms with Crippen molar-refractivity contribution in [2.24, 2.45) is 0 Å². The topological polar surface area (TPSA) is 112 Å². The molecule has 58 heavy (non-hydrogen) atoms. The molecule has 0 amide bonds. The van der Waals surface area contributed by atoms with E-state index in [9.17, 15) is 18.9 Å². The lowest BCUT2D eigenvalue weighted by molar-refractivity contribution is 0.144. The Morgan fingerprint density at radius 2 is 0.362 bits per heavy atom. The predicted octanol–water partition coefficient (Wildman–Crippen LogP) is 17.9. The first-order chi connectivity index (χ1) is 28.2. The molecule has 0 aromatic heterocycles. The molecule has 0 aromatic carbocycles. The second kappa shape index (κ2) is 49.9. The number of rotatable bonds is 48. The van der Waals surface area contributed by atoms with E-state index >= 15 is 0 Å². The van der Waals surface area contributed by atoms with Gasteiger partial charge in [0.2, 0.25) is 0 Å². The van der Waals surface area contributed by atoms with E-state index in [4.69, 9.17) is 18.1 Å². The maximum absolute atomic E-state index is 11.8. The van der Waals surface area contributed by atoms with E-state index in [1.807, 2.05) is 0 Å². The molecule has 10 heteroatoms. The molecule has 0 unspecified atom stereocenters. The Morgan fingerprint density at radius 1 is 0.241 bits per heavy atom. The van der Waals surface area contributed by atoms with Crippen LogP contribution < -0.4 is 0 Å². The Morgan fingerprint density at radius 3 is 0.500 bits per heavy atom. The Kier molecular flexibility index (Phi) is 51.9. The van der Waals surface area contributed by atoms with Gasteiger partial charge in [-0.15, -0.1) is 0 Å². The normalized spacial score (nSPS) is 12.0. The van der Waals surface area contributed by atoms with E-state index in [0.29, 0.717) is 26.4 Å². The van der Waals surface area contributed by atoms with Gasteiger partial charge in [-0.3, -0.25) is 18.1 Å². The van der Waals surface area contributed by atoms with Crippen LogP contribution in [0.2, 0.25) is 0 Å². The fourth-order valence-electron chi connectivity index (χ4n) is 7.15. The van der Waals surface area contributed by atoms with Crippen LogP contribution in [0, 0.1) is 0 Å². The van der Waals surface area contributed by atoms with Crippen LogP contribution >= 0.6 is 15.6 Å². The zero-order valence-electron chi connectivity index (χ0n) is 39.4. The van der Waals surface area contributed by atoms with Crippen molar-refractivity contribution >= 4 is 15.6 Å². The van der Waals surface area contributed by atoms with Crippen molar-refractivity contribution in [1.82, 2.24) is 0 Å². The number of hydrogen-bond donors (Lipinski definition) is 2. The van der Waals surface area contributed by atoms with Gasteiger partial charge in [-0.25, -0.2) is 9.13 Å². The van der Waals surface area contributed by atoms with E-state index in [-0.39, 0.29) is 0 Å². The molecule has 352 valence electrons. The standard InChI is InChI=1S/2C24H51O4P/c2*1-3-5-7-9-11-13-15-17-19-21-23-27-29(25,26)28-24-22-20-18-16-14-12-10-8-6-4-2/h2*3-24H2,1-2H3,(H,25,26). The third kappa shape index (κ3) is 54.2. The first-order valence-corrected chi connectivity index (χ1v) is 28.5. The van der Waals surface area contributed by atoms with E-state index in [1.54, 1.807) is 0 Å². The highest BCUT2D eigenvalue weighted by Gasteiger charge is 2.21. The molecular formula is C48H102O8P2. The van der Waals surface area contributed by atoms with Gasteiger partial charge in [0.25, 0.3) is 0 Å². The molecule has 0 spiro atoms. The van der Waals surface area contributed by atoms with Gasteiger partial charge >= 0.3 is 15.6 Å². The second-order valence-electron chi connectivity index (χ2n) is 17.0. The Hall–Kier alpha value is 0.220. The molecule has 0 heterocycles. The summed E-state index contributed by atoms with van der Waals surface area (Å²) in [6.07, 6.45) is 49.6. The third-order valence-corrected chi connectivity index (χ3v) is 13.0. The number of unbranched alkanes of at least 4 members (excludes halogenated alkanes) is 36. The van der Waals surface area contributed by atoms with Crippen LogP contribution in [0.3, 0.4) is 0 Å². The number of phosphoric acid groups is 2. The van der Waals surface area contributed by atoms with Crippen molar-refractivity contribution in [2.45, 2.75) is 285 Å². The van der Waals surface area contributed by atoms with E-state index in [1.165, 1.54) is 205 Å². The van der Waals surface area contributed by atoms with Gasteiger partial charge in [-0.2, -0.15) is 0 Å². The Labute approximate surface area is 362 Å². The fourth-order valence-corrected chi connectivity index (χ4v) is 8.74. The van der Waals surface area contributed by atoms with Crippen LogP contribution in [0.1, 0.15) is 285 Å². The average Bonchev–Trinajstić information content (AvgIpc) is 3.20. The summed E-state index contributed by atoms with van der Waals surface area (Å²) < 4.78 is 44.0. The quantitative estimate of drug-likeness (QED) is 0.0459. The van der Waals surface area contributed by atoms with Gasteiger partial charge in [0, 0.05) is 0 Å². The van der Waals surface area contributed by atoms with E-state index in [0.717, 1.165) is 51.4 Å². The van der Waals surface area contributed by atoms with Crippen LogP contribution in [-0.2, 0) is 27.2 Å². The maximum atomic E-state index is 11.8. The molecule has 0 radical (unpaired) electrons. The van der Waals surface area contributed by atoms with Gasteiger partial charge < -0.3 is 9.79 Å². The molecule has 8 nitrogen and oxygen atoms in total. The van der Waals surface area contributed by atoms with Crippen molar-refractivity contribution in [1.29, 1.82) is 0 Å². The van der Waals surface area contributed by atoms with Gasteiger partial charge in [-0.1, -0.05) is 259 Å². The Balaban J connectivity index is 0. The number of phosphoric ester groups is 2. The molecular weight excluding hydrogens is 766 g/mol. The zero-order chi connectivity index (χ0) is 42.9. The van der Waals surface area contributed by atoms with Crippen LogP contribution in [0.15, 0.2) is 0 Å². The molecule has 0 aromatic rings. The molecule has 0 aliphatic heterocycles. The van der Waals surface area contributed by atoms with Crippen LogP contribution in [0.5, 0.6) is 0 Å². The molecule has 0 saturated carbocycles. The van der Waals surface area contributed by atoms with E-state index in [2.05, 4.69) is 27.7 Å². The lowest BCUT2D eigenvalue weighted by atomic mass is 10.1. The van der Waals surface area contributed by atoms with Gasteiger partial charge in [-0.05, 0) is 25.7 Å². The average molecular weight is 869 g/mol. The summed E-state index contributed by atoms with van der Waals surface area (Å²) in [6, 6.07) is 0. The first-order valence-electron chi connectivity index (χ1n) is 25.5. The van der Waals surface area contributed by atoms with Crippen LogP contribution in [0.4, 0.5) is 0 Å². The minimum atomic E-state index is -3.85. The smallest absolute Gasteiger partial charge is 0.302 e. The number of hydrogen-bond acceptors (Lipinski definition) is 6. The maximum Gasteiger partial charge on any atom is 0.472 e. The third-order valence-electron chi connectivity index (χ3n) is 11.0. The fraction of sp³-hybridized carbons (Fsp3) is 1.00. The molecule has 0 saturated heterocycles. The Bertz CT molecular complexity index is 734. The molecule has 0 fully saturated rings. The molecule has 0 aliphatic rings. The summed E-state index contributed by atoms with van der Waals surface area (Å²) in [6.45, 7) is 10.3. The van der Waals surface area contributed by atoms with Gasteiger partial charge in [0.15, 0.2) is 0 Å². The first kappa shape index (κ1) is 60.3. The second-order valence-corrected chi connectivity index (χ2v) is 19.9. The summed E-state index contributed by atoms with van der Waals surface area (Å²) in [4.78, 5) is 19.4. The van der Waals surface area contributed by atoms with Crippen LogP contribution in [-0.4, -0.2) is 36.2 Å². The summed E-state index contributed by atoms with van der Waals surface area (Å²) >= 11 is 0. The highest BCUT2D eigenvalue weighted by molar-refractivity contribution is 7.47. The summed E-state index contributed by atoms with van der Waals surface area (Å²) in [5, 5.41) is 0. The lowest BCUT2D eigenvalue weighted by Gasteiger charge is -2.12. The largest absolute Gasteiger partial charge is 0.472 e. The van der Waals surface area contributed by atoms with Gasteiger partial charge in [0.05, 0.1) is 26.4 Å². The molecule has 0 atom stereocenters. The molecule has 0 rings (SSSR count). The monoisotopic (exact) mass is 869 g/mol. The highest BCUT2D eigenvalue weighted by Crippen LogP contribution is 2.44. The minimum Gasteiger partial charge on any atom is -0.302 e. The zero-order valence-corrected chi connectivity index (χ0v) is 41.1. The van der Waals surface area contributed by atoms with Crippen molar-refractivity contribution in [3.63, 3.8) is 0 Å². The summed E-state index contributed by atoms with van der Waals surface area (Å²) in [7, 11) is -7.69. The van der Waals surface area contributed by atoms with Crippen molar-refractivity contribution in [3.05, 3.63) is 0 Å². The van der Waals surface area contributed by atoms with Crippen molar-refractivity contribution in [3.8, 4) is 0 Å².